The minimum Gasteiger partial charge on any atom is -0.352 e. The fourth-order valence-electron chi connectivity index (χ4n) is 5.72. The lowest BCUT2D eigenvalue weighted by molar-refractivity contribution is -0.140. The number of carbonyl (C=O) groups excluding carboxylic acids is 2. The Morgan fingerprint density at radius 2 is 1.56 bits per heavy atom. The van der Waals surface area contributed by atoms with Gasteiger partial charge in [0, 0.05) is 12.6 Å². The van der Waals surface area contributed by atoms with Crippen molar-refractivity contribution in [1.29, 1.82) is 0 Å². The number of carbonyl (C=O) groups is 2. The van der Waals surface area contributed by atoms with Crippen LogP contribution in [0.1, 0.15) is 73.3 Å². The molecular weight excluding hydrogens is 558 g/mol. The highest BCUT2D eigenvalue weighted by atomic mass is 32.2. The summed E-state index contributed by atoms with van der Waals surface area (Å²) in [4.78, 5) is 29.7. The van der Waals surface area contributed by atoms with Crippen molar-refractivity contribution in [3.8, 4) is 0 Å². The van der Waals surface area contributed by atoms with Crippen molar-refractivity contribution in [3.63, 3.8) is 0 Å². The van der Waals surface area contributed by atoms with Crippen LogP contribution < -0.4 is 9.62 Å². The Balaban J connectivity index is 1.72. The zero-order chi connectivity index (χ0) is 31.1. The molecule has 4 rings (SSSR count). The second-order valence-electron chi connectivity index (χ2n) is 11.9. The zero-order valence-electron chi connectivity index (χ0n) is 26.1. The topological polar surface area (TPSA) is 86.8 Å². The quantitative estimate of drug-likeness (QED) is 0.276. The molecule has 0 heterocycles. The van der Waals surface area contributed by atoms with Gasteiger partial charge in [-0.2, -0.15) is 0 Å². The van der Waals surface area contributed by atoms with Crippen LogP contribution >= 0.6 is 0 Å². The van der Waals surface area contributed by atoms with E-state index in [1.807, 2.05) is 65.0 Å². The monoisotopic (exact) mass is 603 g/mol. The molecule has 0 aromatic heterocycles. The third kappa shape index (κ3) is 8.05. The van der Waals surface area contributed by atoms with E-state index in [-0.39, 0.29) is 23.4 Å². The number of aryl methyl sites for hydroxylation is 4. The van der Waals surface area contributed by atoms with Gasteiger partial charge in [-0.25, -0.2) is 8.42 Å². The van der Waals surface area contributed by atoms with Gasteiger partial charge >= 0.3 is 0 Å². The van der Waals surface area contributed by atoms with E-state index in [1.165, 1.54) is 10.7 Å². The molecule has 0 radical (unpaired) electrons. The van der Waals surface area contributed by atoms with Gasteiger partial charge in [0.2, 0.25) is 11.8 Å². The molecule has 43 heavy (non-hydrogen) atoms. The molecule has 8 heteroatoms. The second-order valence-corrected chi connectivity index (χ2v) is 13.7. The van der Waals surface area contributed by atoms with Crippen LogP contribution in [0.15, 0.2) is 71.6 Å². The van der Waals surface area contributed by atoms with Gasteiger partial charge < -0.3 is 10.2 Å². The molecule has 3 aromatic rings. The number of hydrogen-bond donors (Lipinski definition) is 1. The molecule has 1 saturated carbocycles. The number of amides is 2. The molecule has 1 atom stereocenters. The van der Waals surface area contributed by atoms with Crippen molar-refractivity contribution >= 4 is 27.5 Å². The summed E-state index contributed by atoms with van der Waals surface area (Å²) in [5, 5.41) is 3.20. The van der Waals surface area contributed by atoms with Crippen LogP contribution in [-0.4, -0.2) is 43.8 Å². The Bertz CT molecular complexity index is 1530. The molecule has 0 saturated heterocycles. The summed E-state index contributed by atoms with van der Waals surface area (Å²) in [5.41, 5.74) is 5.22. The first-order valence-corrected chi connectivity index (χ1v) is 16.8. The van der Waals surface area contributed by atoms with Crippen LogP contribution in [0, 0.1) is 27.7 Å². The largest absolute Gasteiger partial charge is 0.352 e. The number of sulfonamides is 1. The van der Waals surface area contributed by atoms with E-state index in [0.717, 1.165) is 53.5 Å². The molecule has 7 nitrogen and oxygen atoms in total. The van der Waals surface area contributed by atoms with Gasteiger partial charge in [0.15, 0.2) is 0 Å². The van der Waals surface area contributed by atoms with Crippen LogP contribution in [-0.2, 0) is 26.2 Å². The third-order valence-electron chi connectivity index (χ3n) is 8.44. The van der Waals surface area contributed by atoms with E-state index in [0.29, 0.717) is 12.1 Å². The van der Waals surface area contributed by atoms with Crippen molar-refractivity contribution in [1.82, 2.24) is 10.2 Å². The van der Waals surface area contributed by atoms with E-state index in [2.05, 4.69) is 5.32 Å². The average Bonchev–Trinajstić information content (AvgIpc) is 2.98. The molecule has 1 aliphatic carbocycles. The van der Waals surface area contributed by atoms with Gasteiger partial charge in [-0.15, -0.1) is 0 Å². The van der Waals surface area contributed by atoms with Gasteiger partial charge in [-0.3, -0.25) is 13.9 Å². The fraction of sp³-hybridized carbons (Fsp3) is 0.429. The van der Waals surface area contributed by atoms with Gasteiger partial charge in [0.25, 0.3) is 10.0 Å². The number of anilines is 1. The highest BCUT2D eigenvalue weighted by molar-refractivity contribution is 7.92. The molecular formula is C35H45N3O4S. The first-order chi connectivity index (χ1) is 20.5. The molecule has 0 unspecified atom stereocenters. The normalized spacial score (nSPS) is 14.6. The Morgan fingerprint density at radius 3 is 2.19 bits per heavy atom. The minimum absolute atomic E-state index is 0.0974. The van der Waals surface area contributed by atoms with Crippen LogP contribution in [0.3, 0.4) is 0 Å². The molecule has 3 aromatic carbocycles. The van der Waals surface area contributed by atoms with E-state index in [1.54, 1.807) is 41.3 Å². The van der Waals surface area contributed by atoms with E-state index >= 15 is 0 Å². The Kier molecular flexibility index (Phi) is 10.7. The van der Waals surface area contributed by atoms with E-state index in [4.69, 9.17) is 0 Å². The molecule has 0 bridgehead atoms. The van der Waals surface area contributed by atoms with Crippen LogP contribution in [0.2, 0.25) is 0 Å². The van der Waals surface area contributed by atoms with Crippen molar-refractivity contribution in [3.05, 3.63) is 94.5 Å². The molecule has 1 aliphatic rings. The van der Waals surface area contributed by atoms with E-state index < -0.39 is 28.5 Å². The maximum Gasteiger partial charge on any atom is 0.264 e. The summed E-state index contributed by atoms with van der Waals surface area (Å²) in [6.07, 6.45) is 5.60. The molecule has 1 fully saturated rings. The Morgan fingerprint density at radius 1 is 0.860 bits per heavy atom. The molecule has 0 spiro atoms. The first-order valence-electron chi connectivity index (χ1n) is 15.3. The lowest BCUT2D eigenvalue weighted by atomic mass is 9.95. The first kappa shape index (κ1) is 32.3. The van der Waals surface area contributed by atoms with Gasteiger partial charge in [0.05, 0.1) is 10.6 Å². The third-order valence-corrected chi connectivity index (χ3v) is 10.2. The maximum atomic E-state index is 14.3. The zero-order valence-corrected chi connectivity index (χ0v) is 26.9. The van der Waals surface area contributed by atoms with Crippen molar-refractivity contribution in [2.45, 2.75) is 96.7 Å². The van der Waals surface area contributed by atoms with Gasteiger partial charge in [-0.05, 0) is 87.9 Å². The predicted molar refractivity (Wildman–Crippen MR) is 172 cm³/mol. The molecule has 2 amide bonds. The average molecular weight is 604 g/mol. The summed E-state index contributed by atoms with van der Waals surface area (Å²) < 4.78 is 29.4. The van der Waals surface area contributed by atoms with Crippen LogP contribution in [0.4, 0.5) is 5.69 Å². The highest BCUT2D eigenvalue weighted by Gasteiger charge is 2.34. The number of rotatable bonds is 11. The van der Waals surface area contributed by atoms with Crippen molar-refractivity contribution < 1.29 is 18.0 Å². The lowest BCUT2D eigenvalue weighted by Crippen LogP contribution is -2.54. The smallest absolute Gasteiger partial charge is 0.264 e. The standard InChI is InChI=1S/C35H45N3O4S/c1-6-33(35(40)36-30-13-8-7-9-14-30)37(23-29-12-10-11-26(3)21-29)34(39)24-38(31-18-17-27(4)28(5)22-31)43(41,42)32-19-15-25(2)16-20-32/h10-12,15-22,30,33H,6-9,13-14,23-24H2,1-5H3,(H,36,40)/t33-/m0/s1. The lowest BCUT2D eigenvalue weighted by Gasteiger charge is -2.34. The number of hydrogen-bond acceptors (Lipinski definition) is 4. The second kappa shape index (κ2) is 14.2. The SMILES string of the molecule is CC[C@@H](C(=O)NC1CCCCC1)N(Cc1cccc(C)c1)C(=O)CN(c1ccc(C)c(C)c1)S(=O)(=O)c1ccc(C)cc1. The highest BCUT2D eigenvalue weighted by Crippen LogP contribution is 2.27. The van der Waals surface area contributed by atoms with Crippen LogP contribution in [0.5, 0.6) is 0 Å². The number of nitrogens with one attached hydrogen (secondary N) is 1. The Labute approximate surface area is 257 Å². The number of nitrogens with zero attached hydrogens (tertiary/aromatic N) is 2. The molecule has 0 aliphatic heterocycles. The summed E-state index contributed by atoms with van der Waals surface area (Å²) in [7, 11) is -4.10. The number of benzene rings is 3. The summed E-state index contributed by atoms with van der Waals surface area (Å²) in [6, 6.07) is 19.2. The summed E-state index contributed by atoms with van der Waals surface area (Å²) in [5.74, 6) is -0.615. The molecule has 1 N–H and O–H groups in total. The minimum atomic E-state index is -4.10. The maximum absolute atomic E-state index is 14.3. The van der Waals surface area contributed by atoms with Gasteiger partial charge in [0.1, 0.15) is 12.6 Å². The summed E-state index contributed by atoms with van der Waals surface area (Å²) >= 11 is 0. The van der Waals surface area contributed by atoms with E-state index in [9.17, 15) is 18.0 Å². The summed E-state index contributed by atoms with van der Waals surface area (Å²) in [6.45, 7) is 9.42. The predicted octanol–water partition coefficient (Wildman–Crippen LogP) is 6.37. The molecule has 230 valence electrons. The Hall–Kier alpha value is -3.65. The van der Waals surface area contributed by atoms with Crippen molar-refractivity contribution in [2.75, 3.05) is 10.8 Å². The fourth-order valence-corrected chi connectivity index (χ4v) is 7.12. The van der Waals surface area contributed by atoms with Crippen molar-refractivity contribution in [2.24, 2.45) is 0 Å². The van der Waals surface area contributed by atoms with Crippen LogP contribution in [0.25, 0.3) is 0 Å². The van der Waals surface area contributed by atoms with Gasteiger partial charge in [-0.1, -0.05) is 79.8 Å².